The predicted octanol–water partition coefficient (Wildman–Crippen LogP) is 5.64. The molecule has 0 aromatic heterocycles. The minimum atomic E-state index is -0.386. The molecule has 0 aliphatic heterocycles. The van der Waals surface area contributed by atoms with Crippen LogP contribution < -0.4 is 0 Å². The van der Waals surface area contributed by atoms with Gasteiger partial charge in [0.05, 0.1) is 5.56 Å². The Balaban J connectivity index is 1.25. The molecule has 0 heterocycles. The molecule has 174 valence electrons. The normalized spacial score (nSPS) is 36.9. The molecular formula is C30H30O4. The molecule has 0 amide bonds. The lowest BCUT2D eigenvalue weighted by Crippen LogP contribution is -2.34. The van der Waals surface area contributed by atoms with E-state index in [2.05, 4.69) is 31.2 Å². The van der Waals surface area contributed by atoms with Crippen LogP contribution in [-0.4, -0.2) is 23.1 Å². The van der Waals surface area contributed by atoms with Crippen molar-refractivity contribution in [2.45, 2.75) is 57.0 Å². The smallest absolute Gasteiger partial charge is 0.339 e. The highest BCUT2D eigenvalue weighted by molar-refractivity contribution is 6.06. The first-order chi connectivity index (χ1) is 16.5. The highest BCUT2D eigenvalue weighted by atomic mass is 16.6. The molecule has 4 fully saturated rings. The van der Waals surface area contributed by atoms with Crippen LogP contribution in [0.3, 0.4) is 0 Å². The number of ketones is 2. The number of hydrogen-bond acceptors (Lipinski definition) is 4. The highest BCUT2D eigenvalue weighted by Crippen LogP contribution is 2.66. The van der Waals surface area contributed by atoms with Gasteiger partial charge in [0.25, 0.3) is 0 Å². The van der Waals surface area contributed by atoms with Crippen molar-refractivity contribution < 1.29 is 19.1 Å². The van der Waals surface area contributed by atoms with Crippen molar-refractivity contribution in [1.29, 1.82) is 0 Å². The largest absolute Gasteiger partial charge is 0.456 e. The fourth-order valence-corrected chi connectivity index (χ4v) is 8.37. The predicted molar refractivity (Wildman–Crippen MR) is 128 cm³/mol. The van der Waals surface area contributed by atoms with Crippen LogP contribution in [-0.2, 0) is 14.3 Å². The first kappa shape index (κ1) is 20.6. The summed E-state index contributed by atoms with van der Waals surface area (Å²) in [5.74, 6) is 0.742. The van der Waals surface area contributed by atoms with Gasteiger partial charge >= 0.3 is 5.97 Å². The summed E-state index contributed by atoms with van der Waals surface area (Å²) in [4.78, 5) is 39.4. The molecule has 4 saturated carbocycles. The zero-order valence-electron chi connectivity index (χ0n) is 19.5. The molecule has 2 aromatic carbocycles. The number of fused-ring (bicyclic) bond motifs is 10. The van der Waals surface area contributed by atoms with Crippen molar-refractivity contribution >= 4 is 28.3 Å². The number of hydrogen-bond donors (Lipinski definition) is 0. The number of Topliss-reactive ketones (excluding diaryl/α,β-unsaturated/α-hetero) is 2. The molecular weight excluding hydrogens is 424 g/mol. The Kier molecular flexibility index (Phi) is 4.32. The van der Waals surface area contributed by atoms with Gasteiger partial charge in [-0.3, -0.25) is 9.59 Å². The molecule has 4 heteroatoms. The van der Waals surface area contributed by atoms with Gasteiger partial charge in [-0.05, 0) is 79.2 Å². The lowest BCUT2D eigenvalue weighted by molar-refractivity contribution is -0.125. The van der Waals surface area contributed by atoms with Crippen molar-refractivity contribution in [3.05, 3.63) is 59.7 Å². The van der Waals surface area contributed by atoms with E-state index >= 15 is 0 Å². The van der Waals surface area contributed by atoms with Crippen LogP contribution in [0.25, 0.3) is 10.8 Å². The van der Waals surface area contributed by atoms with Crippen molar-refractivity contribution in [3.8, 4) is 0 Å². The fourth-order valence-electron chi connectivity index (χ4n) is 8.37. The summed E-state index contributed by atoms with van der Waals surface area (Å²) in [7, 11) is 0. The number of rotatable bonds is 3. The van der Waals surface area contributed by atoms with E-state index in [1.807, 2.05) is 24.3 Å². The van der Waals surface area contributed by atoms with Crippen LogP contribution in [0.5, 0.6) is 0 Å². The Morgan fingerprint density at radius 1 is 0.853 bits per heavy atom. The summed E-state index contributed by atoms with van der Waals surface area (Å²) in [6, 6.07) is 12.0. The van der Waals surface area contributed by atoms with Gasteiger partial charge in [-0.15, -0.1) is 0 Å². The molecule has 5 aliphatic carbocycles. The topological polar surface area (TPSA) is 60.4 Å². The molecule has 0 N–H and O–H groups in total. The van der Waals surface area contributed by atoms with Crippen LogP contribution >= 0.6 is 0 Å². The van der Waals surface area contributed by atoms with Gasteiger partial charge in [0.2, 0.25) is 0 Å². The van der Waals surface area contributed by atoms with Gasteiger partial charge in [-0.2, -0.15) is 0 Å². The zero-order valence-corrected chi connectivity index (χ0v) is 19.5. The SMILES string of the molecule is CC1(OC(=O)c2cccc3c(C4CC5C(=O)C4C4C6C=CC(C6=O)C54)cccc23)CCCCC1. The molecule has 4 bridgehead atoms. The molecule has 0 radical (unpaired) electrons. The average molecular weight is 455 g/mol. The first-order valence-corrected chi connectivity index (χ1v) is 13.0. The van der Waals surface area contributed by atoms with Crippen molar-refractivity contribution in [2.24, 2.45) is 35.5 Å². The summed E-state index contributed by atoms with van der Waals surface area (Å²) < 4.78 is 6.07. The van der Waals surface area contributed by atoms with Gasteiger partial charge in [-0.1, -0.05) is 48.9 Å². The van der Waals surface area contributed by atoms with E-state index in [9.17, 15) is 14.4 Å². The third-order valence-corrected chi connectivity index (χ3v) is 9.80. The lowest BCUT2D eigenvalue weighted by atomic mass is 9.67. The second kappa shape index (κ2) is 7.13. The van der Waals surface area contributed by atoms with E-state index in [4.69, 9.17) is 4.74 Å². The van der Waals surface area contributed by atoms with Gasteiger partial charge in [-0.25, -0.2) is 4.79 Å². The molecule has 7 rings (SSSR count). The van der Waals surface area contributed by atoms with Crippen molar-refractivity contribution in [2.75, 3.05) is 0 Å². The van der Waals surface area contributed by atoms with Crippen LogP contribution in [0.4, 0.5) is 0 Å². The molecule has 34 heavy (non-hydrogen) atoms. The Bertz CT molecular complexity index is 1270. The van der Waals surface area contributed by atoms with Crippen LogP contribution in [0, 0.1) is 35.5 Å². The number of carbonyl (C=O) groups excluding carboxylic acids is 3. The zero-order chi connectivity index (χ0) is 23.2. The summed E-state index contributed by atoms with van der Waals surface area (Å²) in [5.41, 5.74) is 1.37. The van der Waals surface area contributed by atoms with Gasteiger partial charge in [0, 0.05) is 23.7 Å². The van der Waals surface area contributed by atoms with E-state index in [-0.39, 0.29) is 53.0 Å². The van der Waals surface area contributed by atoms with Gasteiger partial charge in [0.15, 0.2) is 0 Å². The minimum absolute atomic E-state index is 0.00134. The first-order valence-electron chi connectivity index (χ1n) is 13.0. The van der Waals surface area contributed by atoms with Crippen LogP contribution in [0.1, 0.15) is 67.3 Å². The van der Waals surface area contributed by atoms with Crippen LogP contribution in [0.15, 0.2) is 48.6 Å². The van der Waals surface area contributed by atoms with Crippen molar-refractivity contribution in [3.63, 3.8) is 0 Å². The Labute approximate surface area is 199 Å². The quantitative estimate of drug-likeness (QED) is 0.342. The number of allylic oxidation sites excluding steroid dienone is 2. The molecule has 0 saturated heterocycles. The maximum absolute atomic E-state index is 13.3. The Hall–Kier alpha value is -2.75. The van der Waals surface area contributed by atoms with Gasteiger partial charge in [0.1, 0.15) is 17.2 Å². The number of benzene rings is 2. The summed E-state index contributed by atoms with van der Waals surface area (Å²) in [6.07, 6.45) is 10.2. The van der Waals surface area contributed by atoms with E-state index < -0.39 is 0 Å². The third-order valence-electron chi connectivity index (χ3n) is 9.80. The van der Waals surface area contributed by atoms with E-state index in [0.29, 0.717) is 17.1 Å². The average Bonchev–Trinajstić information content (AvgIpc) is 3.54. The lowest BCUT2D eigenvalue weighted by Gasteiger charge is -2.35. The van der Waals surface area contributed by atoms with Crippen molar-refractivity contribution in [1.82, 2.24) is 0 Å². The van der Waals surface area contributed by atoms with E-state index in [1.54, 1.807) is 0 Å². The molecule has 2 aromatic rings. The molecule has 5 aliphatic rings. The second-order valence-corrected chi connectivity index (χ2v) is 11.5. The molecule has 0 spiro atoms. The summed E-state index contributed by atoms with van der Waals surface area (Å²) in [5, 5.41) is 1.94. The number of carbonyl (C=O) groups is 3. The molecule has 7 atom stereocenters. The standard InChI is InChI=1S/C30H30O4/c1-30(13-3-2-4-14-30)34-29(33)19-10-6-7-16-17(19)8-5-9-18(16)22-15-23-24-20-11-12-21(27(20)31)25(24)26(22)28(23)32/h5-12,20-26H,2-4,13-15H2,1H3. The Morgan fingerprint density at radius 3 is 2.35 bits per heavy atom. The molecule has 7 unspecified atom stereocenters. The van der Waals surface area contributed by atoms with Gasteiger partial charge < -0.3 is 4.74 Å². The summed E-state index contributed by atoms with van der Waals surface area (Å²) in [6.45, 7) is 2.06. The third kappa shape index (κ3) is 2.68. The fraction of sp³-hybridized carbons (Fsp3) is 0.500. The summed E-state index contributed by atoms with van der Waals surface area (Å²) >= 11 is 0. The maximum atomic E-state index is 13.3. The highest BCUT2D eigenvalue weighted by Gasteiger charge is 2.68. The van der Waals surface area contributed by atoms with Crippen LogP contribution in [0.2, 0.25) is 0 Å². The number of ether oxygens (including phenoxy) is 1. The monoisotopic (exact) mass is 454 g/mol. The molecule has 4 nitrogen and oxygen atoms in total. The van der Waals surface area contributed by atoms with E-state index in [0.717, 1.165) is 48.4 Å². The Morgan fingerprint density at radius 2 is 1.56 bits per heavy atom. The minimum Gasteiger partial charge on any atom is -0.456 e. The second-order valence-electron chi connectivity index (χ2n) is 11.5. The van der Waals surface area contributed by atoms with E-state index in [1.165, 1.54) is 6.42 Å². The number of esters is 1. The maximum Gasteiger partial charge on any atom is 0.339 e.